The van der Waals surface area contributed by atoms with Gasteiger partial charge in [-0.2, -0.15) is 0 Å². The van der Waals surface area contributed by atoms with Crippen molar-refractivity contribution < 1.29 is 9.31 Å². The van der Waals surface area contributed by atoms with E-state index in [1.807, 2.05) is 11.9 Å². The summed E-state index contributed by atoms with van der Waals surface area (Å²) in [5.41, 5.74) is 0.304. The molecule has 2 rings (SSSR count). The summed E-state index contributed by atoms with van der Waals surface area (Å²) in [6.45, 7) is 3.13. The first-order chi connectivity index (χ1) is 8.99. The fourth-order valence-electron chi connectivity index (χ4n) is 2.21. The molecule has 0 radical (unpaired) electrons. The Balaban J connectivity index is 2.37. The van der Waals surface area contributed by atoms with Crippen molar-refractivity contribution in [2.24, 2.45) is 0 Å². The summed E-state index contributed by atoms with van der Waals surface area (Å²) in [6, 6.07) is 2.48. The van der Waals surface area contributed by atoms with E-state index in [0.717, 1.165) is 19.5 Å². The van der Waals surface area contributed by atoms with Gasteiger partial charge >= 0.3 is 0 Å². The molecule has 0 spiro atoms. The molecular weight excluding hydrogens is 317 g/mol. The van der Waals surface area contributed by atoms with E-state index in [1.165, 1.54) is 12.1 Å². The van der Waals surface area contributed by atoms with E-state index in [9.17, 15) is 14.5 Å². The highest BCUT2D eigenvalue weighted by atomic mass is 79.9. The second-order valence-corrected chi connectivity index (χ2v) is 5.51. The Hall–Kier alpha value is -1.21. The molecule has 1 aromatic carbocycles. The Morgan fingerprint density at radius 1 is 1.32 bits per heavy atom. The molecule has 1 fully saturated rings. The highest BCUT2D eigenvalue weighted by molar-refractivity contribution is 9.10. The van der Waals surface area contributed by atoms with Gasteiger partial charge in [0.05, 0.1) is 9.40 Å². The number of likely N-dealkylation sites (N-methyl/N-ethyl adjacent to an activating group) is 1. The summed E-state index contributed by atoms with van der Waals surface area (Å²) in [4.78, 5) is 14.7. The molecule has 0 aliphatic carbocycles. The molecule has 0 aromatic heterocycles. The predicted octanol–water partition coefficient (Wildman–Crippen LogP) is 2.64. The lowest BCUT2D eigenvalue weighted by Crippen LogP contribution is -2.29. The van der Waals surface area contributed by atoms with Gasteiger partial charge in [-0.15, -0.1) is 0 Å². The second-order valence-electron chi connectivity index (χ2n) is 4.66. The van der Waals surface area contributed by atoms with Gasteiger partial charge in [0.1, 0.15) is 11.5 Å². The summed E-state index contributed by atoms with van der Waals surface area (Å²) < 4.78 is 13.8. The van der Waals surface area contributed by atoms with Crippen LogP contribution in [0.4, 0.5) is 15.8 Å². The van der Waals surface area contributed by atoms with Crippen molar-refractivity contribution in [1.29, 1.82) is 0 Å². The monoisotopic (exact) mass is 331 g/mol. The van der Waals surface area contributed by atoms with Crippen molar-refractivity contribution in [3.8, 4) is 0 Å². The summed E-state index contributed by atoms with van der Waals surface area (Å²) in [5.74, 6) is -0.474. The molecule has 0 N–H and O–H groups in total. The van der Waals surface area contributed by atoms with Gasteiger partial charge in [0.25, 0.3) is 5.69 Å². The summed E-state index contributed by atoms with van der Waals surface area (Å²) in [7, 11) is 2.01. The van der Waals surface area contributed by atoms with Gasteiger partial charge in [-0.05, 0) is 35.9 Å². The fraction of sp³-hybridized carbons (Fsp3) is 0.500. The second kappa shape index (κ2) is 5.83. The molecule has 0 saturated carbocycles. The maximum Gasteiger partial charge on any atom is 0.293 e. The first-order valence-corrected chi connectivity index (χ1v) is 6.85. The highest BCUT2D eigenvalue weighted by Crippen LogP contribution is 2.33. The molecule has 1 aliphatic rings. The van der Waals surface area contributed by atoms with Gasteiger partial charge < -0.3 is 9.80 Å². The molecule has 0 atom stereocenters. The minimum absolute atomic E-state index is 0.0576. The molecule has 1 aromatic rings. The van der Waals surface area contributed by atoms with Gasteiger partial charge in [-0.1, -0.05) is 0 Å². The molecule has 1 aliphatic heterocycles. The van der Waals surface area contributed by atoms with E-state index in [0.29, 0.717) is 18.8 Å². The number of benzene rings is 1. The van der Waals surface area contributed by atoms with Crippen LogP contribution in [-0.4, -0.2) is 43.0 Å². The van der Waals surface area contributed by atoms with Gasteiger partial charge in [0, 0.05) is 31.8 Å². The standard InChI is InChI=1S/C12H15BrFN3O2/c1-15-3-2-4-16(6-5-15)11-8-10(14)9(13)7-12(11)17(18)19/h7-8H,2-6H2,1H3. The lowest BCUT2D eigenvalue weighted by Gasteiger charge is -2.22. The predicted molar refractivity (Wildman–Crippen MR) is 75.1 cm³/mol. The molecule has 1 heterocycles. The van der Waals surface area contributed by atoms with Crippen LogP contribution in [0.3, 0.4) is 0 Å². The third kappa shape index (κ3) is 3.22. The van der Waals surface area contributed by atoms with Gasteiger partial charge in [0.15, 0.2) is 0 Å². The minimum Gasteiger partial charge on any atom is -0.365 e. The average molecular weight is 332 g/mol. The van der Waals surface area contributed by atoms with Crippen LogP contribution in [0.1, 0.15) is 6.42 Å². The summed E-state index contributed by atoms with van der Waals surface area (Å²) >= 11 is 2.99. The Kier molecular flexibility index (Phi) is 4.36. The van der Waals surface area contributed by atoms with Crippen LogP contribution in [0.2, 0.25) is 0 Å². The van der Waals surface area contributed by atoms with Crippen molar-refractivity contribution in [2.45, 2.75) is 6.42 Å². The van der Waals surface area contributed by atoms with Crippen LogP contribution in [0.25, 0.3) is 0 Å². The van der Waals surface area contributed by atoms with Gasteiger partial charge in [0.2, 0.25) is 0 Å². The van der Waals surface area contributed by atoms with E-state index in [4.69, 9.17) is 0 Å². The van der Waals surface area contributed by atoms with Gasteiger partial charge in [-0.25, -0.2) is 4.39 Å². The van der Waals surface area contributed by atoms with Crippen LogP contribution in [0.5, 0.6) is 0 Å². The number of nitro benzene ring substituents is 1. The zero-order chi connectivity index (χ0) is 14.0. The number of hydrogen-bond acceptors (Lipinski definition) is 4. The van der Waals surface area contributed by atoms with Crippen LogP contribution in [0, 0.1) is 15.9 Å². The number of anilines is 1. The Morgan fingerprint density at radius 2 is 2.05 bits per heavy atom. The molecule has 0 unspecified atom stereocenters. The van der Waals surface area contributed by atoms with Gasteiger partial charge in [-0.3, -0.25) is 10.1 Å². The molecular formula is C12H15BrFN3O2. The van der Waals surface area contributed by atoms with E-state index in [1.54, 1.807) is 0 Å². The Labute approximate surface area is 119 Å². The van der Waals surface area contributed by atoms with E-state index < -0.39 is 10.7 Å². The zero-order valence-corrected chi connectivity index (χ0v) is 12.2. The van der Waals surface area contributed by atoms with Crippen LogP contribution < -0.4 is 4.90 Å². The van der Waals surface area contributed by atoms with Crippen LogP contribution in [-0.2, 0) is 0 Å². The molecule has 5 nitrogen and oxygen atoms in total. The van der Waals surface area contributed by atoms with Crippen molar-refractivity contribution in [1.82, 2.24) is 4.90 Å². The largest absolute Gasteiger partial charge is 0.365 e. The molecule has 1 saturated heterocycles. The van der Waals surface area contributed by atoms with Crippen molar-refractivity contribution >= 4 is 27.3 Å². The maximum atomic E-state index is 13.6. The first kappa shape index (κ1) is 14.2. The smallest absolute Gasteiger partial charge is 0.293 e. The maximum absolute atomic E-state index is 13.6. The average Bonchev–Trinajstić information content (AvgIpc) is 2.57. The lowest BCUT2D eigenvalue weighted by atomic mass is 10.2. The van der Waals surface area contributed by atoms with Crippen LogP contribution in [0.15, 0.2) is 16.6 Å². The third-order valence-corrected chi connectivity index (χ3v) is 3.88. The van der Waals surface area contributed by atoms with Crippen molar-refractivity contribution in [3.05, 3.63) is 32.5 Å². The number of nitrogens with zero attached hydrogens (tertiary/aromatic N) is 3. The third-order valence-electron chi connectivity index (χ3n) is 3.27. The highest BCUT2D eigenvalue weighted by Gasteiger charge is 2.23. The van der Waals surface area contributed by atoms with Crippen molar-refractivity contribution in [3.63, 3.8) is 0 Å². The molecule has 7 heteroatoms. The molecule has 19 heavy (non-hydrogen) atoms. The zero-order valence-electron chi connectivity index (χ0n) is 10.6. The molecule has 0 amide bonds. The number of rotatable bonds is 2. The molecule has 104 valence electrons. The number of nitro groups is 1. The molecule has 0 bridgehead atoms. The lowest BCUT2D eigenvalue weighted by molar-refractivity contribution is -0.384. The fourth-order valence-corrected chi connectivity index (χ4v) is 2.54. The number of halogens is 2. The normalized spacial score (nSPS) is 17.3. The van der Waals surface area contributed by atoms with Crippen molar-refractivity contribution in [2.75, 3.05) is 38.1 Å². The van der Waals surface area contributed by atoms with E-state index in [2.05, 4.69) is 20.8 Å². The number of hydrogen-bond donors (Lipinski definition) is 0. The van der Waals surface area contributed by atoms with E-state index >= 15 is 0 Å². The first-order valence-electron chi connectivity index (χ1n) is 6.06. The Bertz CT molecular complexity index is 498. The minimum atomic E-state index is -0.474. The topological polar surface area (TPSA) is 49.6 Å². The summed E-state index contributed by atoms with van der Waals surface area (Å²) in [6.07, 6.45) is 0.908. The quantitative estimate of drug-likeness (QED) is 0.617. The summed E-state index contributed by atoms with van der Waals surface area (Å²) in [5, 5.41) is 11.1. The Morgan fingerprint density at radius 3 is 2.74 bits per heavy atom. The SMILES string of the molecule is CN1CCCN(c2cc(F)c(Br)cc2[N+](=O)[O-])CC1. The van der Waals surface area contributed by atoms with E-state index in [-0.39, 0.29) is 10.2 Å². The van der Waals surface area contributed by atoms with Crippen LogP contribution >= 0.6 is 15.9 Å².